The summed E-state index contributed by atoms with van der Waals surface area (Å²) in [6.07, 6.45) is -0.370. The Morgan fingerprint density at radius 2 is 2.00 bits per heavy atom. The van der Waals surface area contributed by atoms with Crippen LogP contribution in [-0.2, 0) is 0 Å². The van der Waals surface area contributed by atoms with Gasteiger partial charge in [0.1, 0.15) is 0 Å². The van der Waals surface area contributed by atoms with Gasteiger partial charge in [0.2, 0.25) is 0 Å². The zero-order valence-electron chi connectivity index (χ0n) is 15.1. The molecule has 1 heterocycles. The van der Waals surface area contributed by atoms with Gasteiger partial charge in [-0.3, -0.25) is 4.90 Å². The lowest BCUT2D eigenvalue weighted by molar-refractivity contribution is 0.0590. The second kappa shape index (κ2) is 8.73. The van der Waals surface area contributed by atoms with E-state index in [-0.39, 0.29) is 18.2 Å². The first-order chi connectivity index (χ1) is 11.8. The van der Waals surface area contributed by atoms with E-state index in [1.54, 1.807) is 38.2 Å². The lowest BCUT2D eigenvalue weighted by atomic mass is 10.2. The first kappa shape index (κ1) is 19.8. The number of β-amino-alcohol motifs (C(OH)–C–C–N with tert-alkyl or cyclic N) is 1. The highest BCUT2D eigenvalue weighted by molar-refractivity contribution is 9.10. The Kier molecular flexibility index (Phi) is 6.92. The van der Waals surface area contributed by atoms with E-state index in [0.717, 1.165) is 11.0 Å². The summed E-state index contributed by atoms with van der Waals surface area (Å²) >= 11 is 3.45. The van der Waals surface area contributed by atoms with Gasteiger partial charge in [-0.15, -0.1) is 0 Å². The van der Waals surface area contributed by atoms with Crippen LogP contribution in [0.1, 0.15) is 13.8 Å². The Hall–Kier alpha value is -1.51. The minimum atomic E-state index is -0.370. The van der Waals surface area contributed by atoms with Gasteiger partial charge in [-0.2, -0.15) is 0 Å². The number of hydrogen-bond acceptors (Lipinski definition) is 5. The minimum Gasteiger partial charge on any atom is -0.493 e. The van der Waals surface area contributed by atoms with Crippen molar-refractivity contribution >= 4 is 27.6 Å². The SMILES string of the molecule is COc1cc(Br)c(NC(=O)N2CCN(CC(C)O)C(C)C2)cc1OC. The summed E-state index contributed by atoms with van der Waals surface area (Å²) < 4.78 is 11.3. The van der Waals surface area contributed by atoms with Gasteiger partial charge in [-0.25, -0.2) is 4.79 Å². The highest BCUT2D eigenvalue weighted by Gasteiger charge is 2.27. The number of methoxy groups -OCH3 is 2. The van der Waals surface area contributed by atoms with E-state index in [4.69, 9.17) is 9.47 Å². The quantitative estimate of drug-likeness (QED) is 0.771. The average Bonchev–Trinajstić information content (AvgIpc) is 2.57. The number of rotatable bonds is 5. The molecule has 0 aliphatic carbocycles. The number of carbonyl (C=O) groups is 1. The van der Waals surface area contributed by atoms with Crippen LogP contribution in [0.4, 0.5) is 10.5 Å². The van der Waals surface area contributed by atoms with Gasteiger partial charge >= 0.3 is 6.03 Å². The molecule has 2 rings (SSSR count). The molecule has 1 fully saturated rings. The molecule has 0 radical (unpaired) electrons. The van der Waals surface area contributed by atoms with E-state index in [9.17, 15) is 9.90 Å². The maximum Gasteiger partial charge on any atom is 0.321 e. The molecule has 2 atom stereocenters. The van der Waals surface area contributed by atoms with Crippen molar-refractivity contribution in [1.82, 2.24) is 9.80 Å². The number of nitrogens with zero attached hydrogens (tertiary/aromatic N) is 2. The fourth-order valence-corrected chi connectivity index (χ4v) is 3.36. The molecule has 0 spiro atoms. The van der Waals surface area contributed by atoms with Crippen LogP contribution in [0.25, 0.3) is 0 Å². The summed E-state index contributed by atoms with van der Waals surface area (Å²) in [4.78, 5) is 16.6. The van der Waals surface area contributed by atoms with E-state index in [2.05, 4.69) is 33.1 Å². The van der Waals surface area contributed by atoms with Crippen LogP contribution in [0, 0.1) is 0 Å². The third-order valence-electron chi connectivity index (χ3n) is 4.27. The van der Waals surface area contributed by atoms with Crippen LogP contribution in [0.3, 0.4) is 0 Å². The fraction of sp³-hybridized carbons (Fsp3) is 0.588. The van der Waals surface area contributed by atoms with Gasteiger partial charge in [0.25, 0.3) is 0 Å². The standard InChI is InChI=1S/C17H26BrN3O4/c1-11-9-21(6-5-20(11)10-12(2)22)17(23)19-14-8-16(25-4)15(24-3)7-13(14)18/h7-8,11-12,22H,5-6,9-10H2,1-4H3,(H,19,23). The Morgan fingerprint density at radius 3 is 2.56 bits per heavy atom. The lowest BCUT2D eigenvalue weighted by Gasteiger charge is -2.40. The summed E-state index contributed by atoms with van der Waals surface area (Å²) in [5.74, 6) is 1.14. The maximum atomic E-state index is 12.6. The van der Waals surface area contributed by atoms with Crippen molar-refractivity contribution in [1.29, 1.82) is 0 Å². The van der Waals surface area contributed by atoms with Gasteiger partial charge in [0, 0.05) is 48.8 Å². The number of aliphatic hydroxyl groups excluding tert-OH is 1. The van der Waals surface area contributed by atoms with Gasteiger partial charge in [-0.05, 0) is 29.8 Å². The van der Waals surface area contributed by atoms with Gasteiger partial charge in [-0.1, -0.05) is 0 Å². The highest BCUT2D eigenvalue weighted by atomic mass is 79.9. The normalized spacial score (nSPS) is 19.4. The summed E-state index contributed by atoms with van der Waals surface area (Å²) in [7, 11) is 3.12. The molecule has 1 aliphatic heterocycles. The zero-order valence-corrected chi connectivity index (χ0v) is 16.7. The second-order valence-corrected chi connectivity index (χ2v) is 7.11. The molecule has 25 heavy (non-hydrogen) atoms. The molecule has 0 bridgehead atoms. The molecule has 7 nitrogen and oxygen atoms in total. The Bertz CT molecular complexity index is 612. The fourth-order valence-electron chi connectivity index (χ4n) is 2.93. The molecule has 1 aromatic rings. The molecule has 2 amide bonds. The number of piperazine rings is 1. The van der Waals surface area contributed by atoms with Crippen molar-refractivity contribution in [2.45, 2.75) is 26.0 Å². The maximum absolute atomic E-state index is 12.6. The van der Waals surface area contributed by atoms with Crippen LogP contribution in [0.15, 0.2) is 16.6 Å². The molecule has 1 saturated heterocycles. The first-order valence-electron chi connectivity index (χ1n) is 8.25. The molecule has 8 heteroatoms. The number of amides is 2. The van der Waals surface area contributed by atoms with E-state index >= 15 is 0 Å². The van der Waals surface area contributed by atoms with E-state index in [1.165, 1.54) is 0 Å². The number of nitrogens with one attached hydrogen (secondary N) is 1. The predicted molar refractivity (Wildman–Crippen MR) is 101 cm³/mol. The molecular formula is C17H26BrN3O4. The largest absolute Gasteiger partial charge is 0.493 e. The molecule has 2 N–H and O–H groups in total. The van der Waals surface area contributed by atoms with Crippen LogP contribution in [-0.4, -0.2) is 73.5 Å². The number of benzene rings is 1. The number of hydrogen-bond donors (Lipinski definition) is 2. The van der Waals surface area contributed by atoms with E-state index in [0.29, 0.717) is 36.8 Å². The van der Waals surface area contributed by atoms with Crippen molar-refractivity contribution < 1.29 is 19.4 Å². The number of urea groups is 1. The van der Waals surface area contributed by atoms with Crippen molar-refractivity contribution in [3.63, 3.8) is 0 Å². The predicted octanol–water partition coefficient (Wildman–Crippen LogP) is 2.39. The third-order valence-corrected chi connectivity index (χ3v) is 4.92. The van der Waals surface area contributed by atoms with Crippen LogP contribution < -0.4 is 14.8 Å². The van der Waals surface area contributed by atoms with Crippen LogP contribution in [0.5, 0.6) is 11.5 Å². The Morgan fingerprint density at radius 1 is 1.36 bits per heavy atom. The number of anilines is 1. The smallest absolute Gasteiger partial charge is 0.321 e. The van der Waals surface area contributed by atoms with Crippen LogP contribution >= 0.6 is 15.9 Å². The molecule has 140 valence electrons. The zero-order chi connectivity index (χ0) is 18.6. The van der Waals surface area contributed by atoms with Crippen LogP contribution in [0.2, 0.25) is 0 Å². The summed E-state index contributed by atoms with van der Waals surface area (Å²) in [6.45, 7) is 6.44. The lowest BCUT2D eigenvalue weighted by Crippen LogP contribution is -2.55. The first-order valence-corrected chi connectivity index (χ1v) is 9.04. The molecule has 0 saturated carbocycles. The van der Waals surface area contributed by atoms with Crippen molar-refractivity contribution in [3.8, 4) is 11.5 Å². The Labute approximate surface area is 157 Å². The van der Waals surface area contributed by atoms with Crippen molar-refractivity contribution in [3.05, 3.63) is 16.6 Å². The highest BCUT2D eigenvalue weighted by Crippen LogP contribution is 2.36. The topological polar surface area (TPSA) is 74.3 Å². The van der Waals surface area contributed by atoms with Gasteiger partial charge < -0.3 is 24.8 Å². The minimum absolute atomic E-state index is 0.156. The summed E-state index contributed by atoms with van der Waals surface area (Å²) in [5.41, 5.74) is 0.627. The van der Waals surface area contributed by atoms with Crippen molar-refractivity contribution in [2.75, 3.05) is 45.7 Å². The number of ether oxygens (including phenoxy) is 2. The molecule has 0 aromatic heterocycles. The molecule has 1 aliphatic rings. The average molecular weight is 416 g/mol. The molecule has 1 aromatic carbocycles. The molecule has 2 unspecified atom stereocenters. The summed E-state index contributed by atoms with van der Waals surface area (Å²) in [5, 5.41) is 12.5. The monoisotopic (exact) mass is 415 g/mol. The van der Waals surface area contributed by atoms with Gasteiger partial charge in [0.05, 0.1) is 26.0 Å². The summed E-state index contributed by atoms with van der Waals surface area (Å²) in [6, 6.07) is 3.53. The number of aliphatic hydroxyl groups is 1. The van der Waals surface area contributed by atoms with E-state index in [1.807, 2.05) is 0 Å². The van der Waals surface area contributed by atoms with E-state index < -0.39 is 0 Å². The third kappa shape index (κ3) is 4.99. The number of halogens is 1. The molecular weight excluding hydrogens is 390 g/mol. The second-order valence-electron chi connectivity index (χ2n) is 6.26. The van der Waals surface area contributed by atoms with Crippen molar-refractivity contribution in [2.24, 2.45) is 0 Å². The van der Waals surface area contributed by atoms with Gasteiger partial charge in [0.15, 0.2) is 11.5 Å². The Balaban J connectivity index is 2.03. The number of carbonyl (C=O) groups excluding carboxylic acids is 1.